The van der Waals surface area contributed by atoms with E-state index in [9.17, 15) is 18.4 Å². The zero-order valence-electron chi connectivity index (χ0n) is 13.8. The summed E-state index contributed by atoms with van der Waals surface area (Å²) in [7, 11) is 3.84. The zero-order chi connectivity index (χ0) is 18.6. The molecule has 0 fully saturated rings. The summed E-state index contributed by atoms with van der Waals surface area (Å²) in [6.45, 7) is -0.156. The van der Waals surface area contributed by atoms with Crippen LogP contribution in [0.25, 0.3) is 11.4 Å². The smallest absolute Gasteiger partial charge is 0.345 e. The molecule has 7 nitrogen and oxygen atoms in total. The van der Waals surface area contributed by atoms with E-state index in [0.29, 0.717) is 6.07 Å². The van der Waals surface area contributed by atoms with Gasteiger partial charge in [-0.15, -0.1) is 0 Å². The molecule has 1 aromatic heterocycles. The zero-order valence-corrected chi connectivity index (χ0v) is 13.8. The Morgan fingerprint density at radius 1 is 1.16 bits per heavy atom. The van der Waals surface area contributed by atoms with E-state index < -0.39 is 29.5 Å². The average Bonchev–Trinajstić information content (AvgIpc) is 2.59. The van der Waals surface area contributed by atoms with Gasteiger partial charge in [0.05, 0.1) is 13.7 Å². The van der Waals surface area contributed by atoms with Crippen LogP contribution in [0.3, 0.4) is 0 Å². The number of rotatable bonds is 6. The molecule has 0 spiro atoms. The van der Waals surface area contributed by atoms with Gasteiger partial charge in [0.1, 0.15) is 23.0 Å². The summed E-state index contributed by atoms with van der Waals surface area (Å²) in [4.78, 5) is 28.3. The van der Waals surface area contributed by atoms with E-state index in [4.69, 9.17) is 9.47 Å². The molecule has 134 valence electrons. The number of nitrogens with zero attached hydrogens (tertiary/aromatic N) is 2. The Labute approximate surface area is 141 Å². The number of methoxy groups -OCH3 is 3. The third-order valence-corrected chi connectivity index (χ3v) is 3.43. The molecule has 0 atom stereocenters. The van der Waals surface area contributed by atoms with Gasteiger partial charge in [-0.05, 0) is 12.1 Å². The third kappa shape index (κ3) is 4.06. The van der Waals surface area contributed by atoms with Crippen molar-refractivity contribution in [3.63, 3.8) is 0 Å². The van der Waals surface area contributed by atoms with Gasteiger partial charge in [0.25, 0.3) is 5.56 Å². The van der Waals surface area contributed by atoms with Gasteiger partial charge < -0.3 is 14.2 Å². The van der Waals surface area contributed by atoms with Crippen molar-refractivity contribution in [2.45, 2.75) is 12.8 Å². The Bertz CT molecular complexity index is 814. The number of aromatic nitrogens is 2. The van der Waals surface area contributed by atoms with Gasteiger partial charge >= 0.3 is 5.97 Å². The summed E-state index contributed by atoms with van der Waals surface area (Å²) in [6, 6.07) is 2.74. The summed E-state index contributed by atoms with van der Waals surface area (Å²) >= 11 is 0. The predicted molar refractivity (Wildman–Crippen MR) is 83.0 cm³/mol. The molecule has 0 saturated carbocycles. The van der Waals surface area contributed by atoms with Crippen molar-refractivity contribution in [1.82, 2.24) is 9.55 Å². The van der Waals surface area contributed by atoms with Crippen LogP contribution in [0.5, 0.6) is 0 Å². The molecule has 0 aliphatic carbocycles. The lowest BCUT2D eigenvalue weighted by atomic mass is 10.2. The van der Waals surface area contributed by atoms with Crippen LogP contribution < -0.4 is 5.56 Å². The highest BCUT2D eigenvalue weighted by atomic mass is 19.1. The quantitative estimate of drug-likeness (QED) is 0.579. The maximum atomic E-state index is 13.5. The molecule has 0 aliphatic rings. The van der Waals surface area contributed by atoms with Gasteiger partial charge in [0, 0.05) is 32.0 Å². The van der Waals surface area contributed by atoms with Gasteiger partial charge in [-0.1, -0.05) is 0 Å². The first-order valence-electron chi connectivity index (χ1n) is 7.11. The second kappa shape index (κ2) is 7.95. The number of hydrogen-bond donors (Lipinski definition) is 0. The summed E-state index contributed by atoms with van der Waals surface area (Å²) in [5.41, 5.74) is -1.05. The second-order valence-corrected chi connectivity index (χ2v) is 4.96. The summed E-state index contributed by atoms with van der Waals surface area (Å²) < 4.78 is 42.7. The highest BCUT2D eigenvalue weighted by Gasteiger charge is 2.21. The van der Waals surface area contributed by atoms with Gasteiger partial charge in [-0.3, -0.25) is 9.36 Å². The lowest BCUT2D eigenvalue weighted by Crippen LogP contribution is -2.34. The minimum absolute atomic E-state index is 0.0250. The first kappa shape index (κ1) is 18.7. The van der Waals surface area contributed by atoms with Crippen molar-refractivity contribution in [2.75, 3.05) is 21.3 Å². The highest BCUT2D eigenvalue weighted by molar-refractivity contribution is 5.88. The van der Waals surface area contributed by atoms with Crippen LogP contribution in [0.2, 0.25) is 0 Å². The van der Waals surface area contributed by atoms with Crippen LogP contribution in [-0.4, -0.2) is 43.1 Å². The minimum Gasteiger partial charge on any atom is -0.465 e. The molecular formula is C16H16F2N2O5. The van der Waals surface area contributed by atoms with Crippen LogP contribution >= 0.6 is 0 Å². The largest absolute Gasteiger partial charge is 0.465 e. The number of ether oxygens (including phenoxy) is 3. The molecule has 0 saturated heterocycles. The topological polar surface area (TPSA) is 79.7 Å². The van der Waals surface area contributed by atoms with E-state index in [-0.39, 0.29) is 23.5 Å². The Morgan fingerprint density at radius 3 is 2.28 bits per heavy atom. The van der Waals surface area contributed by atoms with Crippen molar-refractivity contribution >= 4 is 5.97 Å². The molecule has 0 radical (unpaired) electrons. The van der Waals surface area contributed by atoms with E-state index in [2.05, 4.69) is 9.72 Å². The minimum atomic E-state index is -0.880. The Balaban J connectivity index is 2.68. The first-order chi connectivity index (χ1) is 11.9. The Hall–Kier alpha value is -2.65. The molecule has 25 heavy (non-hydrogen) atoms. The van der Waals surface area contributed by atoms with Crippen molar-refractivity contribution < 1.29 is 27.8 Å². The Morgan fingerprint density at radius 2 is 1.76 bits per heavy atom. The molecule has 0 amide bonds. The van der Waals surface area contributed by atoms with Gasteiger partial charge in [0.15, 0.2) is 6.29 Å². The molecule has 0 bridgehead atoms. The molecule has 0 unspecified atom stereocenters. The number of carbonyl (C=O) groups is 1. The molecule has 0 aliphatic heterocycles. The normalized spacial score (nSPS) is 11.0. The molecular weight excluding hydrogens is 338 g/mol. The molecule has 1 aromatic carbocycles. The van der Waals surface area contributed by atoms with E-state index in [0.717, 1.165) is 30.0 Å². The van der Waals surface area contributed by atoms with E-state index in [1.807, 2.05) is 0 Å². The standard InChI is InChI=1S/C16H16F2N2O5/c1-23-13(24-2)8-20-14(9-4-10(17)6-11(18)5-9)19-7-12(15(20)21)16(22)25-3/h4-7,13H,8H2,1-3H3. The lowest BCUT2D eigenvalue weighted by molar-refractivity contribution is -0.111. The SMILES string of the molecule is COC(=O)c1cnc(-c2cc(F)cc(F)c2)n(CC(OC)OC)c1=O. The number of carbonyl (C=O) groups excluding carboxylic acids is 1. The van der Waals surface area contributed by atoms with Crippen molar-refractivity contribution in [2.24, 2.45) is 0 Å². The lowest BCUT2D eigenvalue weighted by Gasteiger charge is -2.18. The fourth-order valence-electron chi connectivity index (χ4n) is 2.22. The first-order valence-corrected chi connectivity index (χ1v) is 7.11. The van der Waals surface area contributed by atoms with Crippen molar-refractivity contribution in [1.29, 1.82) is 0 Å². The number of benzene rings is 1. The summed E-state index contributed by atoms with van der Waals surface area (Å²) in [6.07, 6.45) is 0.154. The molecule has 9 heteroatoms. The Kier molecular flexibility index (Phi) is 5.94. The van der Waals surface area contributed by atoms with Crippen LogP contribution in [0.1, 0.15) is 10.4 Å². The van der Waals surface area contributed by atoms with Crippen molar-refractivity contribution in [3.05, 3.63) is 51.9 Å². The monoisotopic (exact) mass is 354 g/mol. The van der Waals surface area contributed by atoms with Crippen LogP contribution in [0, 0.1) is 11.6 Å². The van der Waals surface area contributed by atoms with Crippen LogP contribution in [0.4, 0.5) is 8.78 Å². The fraction of sp³-hybridized carbons (Fsp3) is 0.312. The number of hydrogen-bond acceptors (Lipinski definition) is 6. The average molecular weight is 354 g/mol. The van der Waals surface area contributed by atoms with Crippen molar-refractivity contribution in [3.8, 4) is 11.4 Å². The van der Waals surface area contributed by atoms with Crippen LogP contribution in [-0.2, 0) is 20.8 Å². The van der Waals surface area contributed by atoms with Gasteiger partial charge in [0.2, 0.25) is 0 Å². The second-order valence-electron chi connectivity index (χ2n) is 4.96. The summed E-state index contributed by atoms with van der Waals surface area (Å²) in [5.74, 6) is -2.59. The van der Waals surface area contributed by atoms with E-state index in [1.165, 1.54) is 14.2 Å². The molecule has 0 N–H and O–H groups in total. The number of halogens is 2. The third-order valence-electron chi connectivity index (χ3n) is 3.43. The highest BCUT2D eigenvalue weighted by Crippen LogP contribution is 2.19. The maximum absolute atomic E-state index is 13.5. The van der Waals surface area contributed by atoms with Gasteiger partial charge in [-0.2, -0.15) is 0 Å². The molecule has 2 rings (SSSR count). The molecule has 1 heterocycles. The number of esters is 1. The van der Waals surface area contributed by atoms with Crippen LogP contribution in [0.15, 0.2) is 29.2 Å². The maximum Gasteiger partial charge on any atom is 0.345 e. The van der Waals surface area contributed by atoms with E-state index >= 15 is 0 Å². The van der Waals surface area contributed by atoms with E-state index in [1.54, 1.807) is 0 Å². The summed E-state index contributed by atoms with van der Waals surface area (Å²) in [5, 5.41) is 0. The molecule has 2 aromatic rings. The fourth-order valence-corrected chi connectivity index (χ4v) is 2.22. The predicted octanol–water partition coefficient (Wildman–Crippen LogP) is 1.59. The van der Waals surface area contributed by atoms with Gasteiger partial charge in [-0.25, -0.2) is 18.6 Å².